The van der Waals surface area contributed by atoms with E-state index in [2.05, 4.69) is 20.7 Å². The Balaban J connectivity index is 1.68. The van der Waals surface area contributed by atoms with Crippen molar-refractivity contribution in [1.82, 2.24) is 30.1 Å². The number of aliphatic hydroxyl groups is 1. The molecule has 21 heavy (non-hydrogen) atoms. The standard InChI is InChI=1S/C14H22N6O/c1-19-12(6-7-16-19)8-15-13-4-2-3-5-14(13)20-9-11(10-21)17-18-20/h6-7,9,13-15,21H,2-5,8,10H2,1H3/t13-,14+/m0/s1. The van der Waals surface area contributed by atoms with E-state index < -0.39 is 0 Å². The van der Waals surface area contributed by atoms with Crippen LogP contribution in [0.4, 0.5) is 0 Å². The van der Waals surface area contributed by atoms with Gasteiger partial charge in [-0.3, -0.25) is 4.68 Å². The number of nitrogens with one attached hydrogen (secondary N) is 1. The van der Waals surface area contributed by atoms with Crippen LogP contribution in [0.1, 0.15) is 43.1 Å². The molecule has 0 amide bonds. The Hall–Kier alpha value is -1.73. The predicted octanol–water partition coefficient (Wildman–Crippen LogP) is 0.777. The second kappa shape index (κ2) is 6.36. The minimum absolute atomic E-state index is 0.0557. The first-order valence-electron chi connectivity index (χ1n) is 7.50. The zero-order chi connectivity index (χ0) is 14.7. The van der Waals surface area contributed by atoms with Crippen LogP contribution >= 0.6 is 0 Å². The molecule has 0 unspecified atom stereocenters. The van der Waals surface area contributed by atoms with Crippen LogP contribution < -0.4 is 5.32 Å². The maximum absolute atomic E-state index is 9.13. The molecular weight excluding hydrogens is 268 g/mol. The van der Waals surface area contributed by atoms with E-state index in [1.54, 1.807) is 0 Å². The highest BCUT2D eigenvalue weighted by Gasteiger charge is 2.27. The second-order valence-corrected chi connectivity index (χ2v) is 5.63. The van der Waals surface area contributed by atoms with Gasteiger partial charge in [0.25, 0.3) is 0 Å². The molecule has 1 saturated carbocycles. The third-order valence-electron chi connectivity index (χ3n) is 4.26. The Labute approximate surface area is 124 Å². The van der Waals surface area contributed by atoms with Gasteiger partial charge in [-0.15, -0.1) is 5.10 Å². The lowest BCUT2D eigenvalue weighted by molar-refractivity contribution is 0.241. The average molecular weight is 290 g/mol. The summed E-state index contributed by atoms with van der Waals surface area (Å²) in [7, 11) is 1.96. The third kappa shape index (κ3) is 3.14. The Morgan fingerprint density at radius 3 is 2.95 bits per heavy atom. The van der Waals surface area contributed by atoms with Crippen molar-refractivity contribution in [2.24, 2.45) is 7.05 Å². The Kier molecular flexibility index (Phi) is 4.31. The van der Waals surface area contributed by atoms with Gasteiger partial charge in [-0.25, -0.2) is 4.68 Å². The lowest BCUT2D eigenvalue weighted by Gasteiger charge is -2.32. The minimum Gasteiger partial charge on any atom is -0.390 e. The largest absolute Gasteiger partial charge is 0.390 e. The monoisotopic (exact) mass is 290 g/mol. The summed E-state index contributed by atoms with van der Waals surface area (Å²) >= 11 is 0. The molecule has 2 heterocycles. The Morgan fingerprint density at radius 1 is 1.38 bits per heavy atom. The second-order valence-electron chi connectivity index (χ2n) is 5.63. The highest BCUT2D eigenvalue weighted by Crippen LogP contribution is 2.28. The summed E-state index contributed by atoms with van der Waals surface area (Å²) in [5.74, 6) is 0. The summed E-state index contributed by atoms with van der Waals surface area (Å²) in [6.07, 6.45) is 8.35. The van der Waals surface area contributed by atoms with Crippen molar-refractivity contribution in [1.29, 1.82) is 0 Å². The van der Waals surface area contributed by atoms with E-state index in [9.17, 15) is 0 Å². The first kappa shape index (κ1) is 14.2. The fourth-order valence-electron chi connectivity index (χ4n) is 3.02. The first-order chi connectivity index (χ1) is 10.3. The summed E-state index contributed by atoms with van der Waals surface area (Å²) in [5.41, 5.74) is 1.81. The first-order valence-corrected chi connectivity index (χ1v) is 7.50. The minimum atomic E-state index is -0.0557. The van der Waals surface area contributed by atoms with Crippen LogP contribution in [0.5, 0.6) is 0 Å². The normalized spacial score (nSPS) is 22.6. The number of rotatable bonds is 5. The summed E-state index contributed by atoms with van der Waals surface area (Å²) in [5, 5.41) is 25.1. The molecule has 0 spiro atoms. The SMILES string of the molecule is Cn1nccc1CN[C@H]1CCCC[C@H]1n1cc(CO)nn1. The van der Waals surface area contributed by atoms with Gasteiger partial charge in [0.15, 0.2) is 0 Å². The molecule has 0 saturated heterocycles. The van der Waals surface area contributed by atoms with Crippen LogP contribution in [0.2, 0.25) is 0 Å². The van der Waals surface area contributed by atoms with Crippen LogP contribution in [0.3, 0.4) is 0 Å². The highest BCUT2D eigenvalue weighted by atomic mass is 16.3. The number of aliphatic hydroxyl groups excluding tert-OH is 1. The van der Waals surface area contributed by atoms with Crippen molar-refractivity contribution < 1.29 is 5.11 Å². The fourth-order valence-corrected chi connectivity index (χ4v) is 3.02. The molecule has 2 aromatic rings. The zero-order valence-electron chi connectivity index (χ0n) is 12.3. The Bertz CT molecular complexity index is 578. The fraction of sp³-hybridized carbons (Fsp3) is 0.643. The van der Waals surface area contributed by atoms with Crippen molar-refractivity contribution in [2.75, 3.05) is 0 Å². The van der Waals surface area contributed by atoms with Crippen LogP contribution in [-0.2, 0) is 20.2 Å². The molecule has 0 aromatic carbocycles. The number of aryl methyl sites for hydroxylation is 1. The van der Waals surface area contributed by atoms with E-state index in [0.717, 1.165) is 19.4 Å². The lowest BCUT2D eigenvalue weighted by atomic mass is 9.90. The molecule has 0 aliphatic heterocycles. The molecular formula is C14H22N6O. The average Bonchev–Trinajstić information content (AvgIpc) is 3.14. The predicted molar refractivity (Wildman–Crippen MR) is 77.3 cm³/mol. The molecule has 1 fully saturated rings. The Morgan fingerprint density at radius 2 is 2.24 bits per heavy atom. The summed E-state index contributed by atoms with van der Waals surface area (Å²) < 4.78 is 3.80. The van der Waals surface area contributed by atoms with Gasteiger partial charge in [0.1, 0.15) is 5.69 Å². The van der Waals surface area contributed by atoms with Gasteiger partial charge in [0, 0.05) is 25.8 Å². The molecule has 114 valence electrons. The molecule has 7 nitrogen and oxygen atoms in total. The number of nitrogens with zero attached hydrogens (tertiary/aromatic N) is 5. The van der Waals surface area contributed by atoms with Gasteiger partial charge in [-0.1, -0.05) is 18.1 Å². The van der Waals surface area contributed by atoms with Crippen LogP contribution in [0, 0.1) is 0 Å². The summed E-state index contributed by atoms with van der Waals surface area (Å²) in [4.78, 5) is 0. The van der Waals surface area contributed by atoms with Crippen LogP contribution in [0.25, 0.3) is 0 Å². The quantitative estimate of drug-likeness (QED) is 0.850. The molecule has 2 atom stereocenters. The molecule has 0 radical (unpaired) electrons. The lowest BCUT2D eigenvalue weighted by Crippen LogP contribution is -2.40. The molecule has 1 aliphatic carbocycles. The van der Waals surface area contributed by atoms with Gasteiger partial charge in [-0.05, 0) is 18.9 Å². The van der Waals surface area contributed by atoms with Gasteiger partial charge >= 0.3 is 0 Å². The van der Waals surface area contributed by atoms with E-state index in [1.165, 1.54) is 18.5 Å². The molecule has 0 bridgehead atoms. The van der Waals surface area contributed by atoms with E-state index >= 15 is 0 Å². The summed E-state index contributed by atoms with van der Waals surface area (Å²) in [6, 6.07) is 2.71. The van der Waals surface area contributed by atoms with Crippen LogP contribution in [-0.4, -0.2) is 35.9 Å². The molecule has 1 aliphatic rings. The maximum Gasteiger partial charge on any atom is 0.108 e. The molecule has 3 rings (SSSR count). The molecule has 7 heteroatoms. The van der Waals surface area contributed by atoms with Gasteiger partial charge in [0.05, 0.1) is 24.5 Å². The van der Waals surface area contributed by atoms with E-state index in [4.69, 9.17) is 5.11 Å². The topological polar surface area (TPSA) is 80.8 Å². The molecule has 2 N–H and O–H groups in total. The van der Waals surface area contributed by atoms with E-state index in [1.807, 2.05) is 34.9 Å². The number of hydrogen-bond donors (Lipinski definition) is 2. The van der Waals surface area contributed by atoms with Crippen molar-refractivity contribution in [3.8, 4) is 0 Å². The van der Waals surface area contributed by atoms with E-state index in [0.29, 0.717) is 17.8 Å². The highest BCUT2D eigenvalue weighted by molar-refractivity contribution is 5.01. The van der Waals surface area contributed by atoms with E-state index in [-0.39, 0.29) is 6.61 Å². The third-order valence-corrected chi connectivity index (χ3v) is 4.26. The number of hydrogen-bond acceptors (Lipinski definition) is 5. The molecule has 2 aromatic heterocycles. The van der Waals surface area contributed by atoms with Crippen molar-refractivity contribution in [2.45, 2.75) is 50.9 Å². The van der Waals surface area contributed by atoms with Gasteiger partial charge < -0.3 is 10.4 Å². The van der Waals surface area contributed by atoms with Crippen molar-refractivity contribution >= 4 is 0 Å². The van der Waals surface area contributed by atoms with Gasteiger partial charge in [-0.2, -0.15) is 5.10 Å². The smallest absolute Gasteiger partial charge is 0.108 e. The van der Waals surface area contributed by atoms with Gasteiger partial charge in [0.2, 0.25) is 0 Å². The summed E-state index contributed by atoms with van der Waals surface area (Å²) in [6.45, 7) is 0.749. The van der Waals surface area contributed by atoms with Crippen molar-refractivity contribution in [3.63, 3.8) is 0 Å². The van der Waals surface area contributed by atoms with Crippen LogP contribution in [0.15, 0.2) is 18.5 Å². The maximum atomic E-state index is 9.13. The zero-order valence-corrected chi connectivity index (χ0v) is 12.3. The van der Waals surface area contributed by atoms with Crippen molar-refractivity contribution in [3.05, 3.63) is 29.8 Å². The number of aromatic nitrogens is 5.